The van der Waals surface area contributed by atoms with E-state index >= 15 is 0 Å². The summed E-state index contributed by atoms with van der Waals surface area (Å²) in [4.78, 5) is 22.4. The summed E-state index contributed by atoms with van der Waals surface area (Å²) in [5.41, 5.74) is 1.23. The van der Waals surface area contributed by atoms with E-state index in [0.29, 0.717) is 12.1 Å². The van der Waals surface area contributed by atoms with E-state index in [4.69, 9.17) is 5.11 Å². The Balaban J connectivity index is 2.88. The normalized spacial score (nSPS) is 10.0. The van der Waals surface area contributed by atoms with Crippen LogP contribution in [-0.4, -0.2) is 17.0 Å². The van der Waals surface area contributed by atoms with Gasteiger partial charge in [0.05, 0.1) is 5.69 Å². The summed E-state index contributed by atoms with van der Waals surface area (Å²) in [7, 11) is 0. The molecule has 0 radical (unpaired) electrons. The van der Waals surface area contributed by atoms with Gasteiger partial charge in [0, 0.05) is 6.42 Å². The van der Waals surface area contributed by atoms with E-state index in [9.17, 15) is 9.59 Å². The van der Waals surface area contributed by atoms with E-state index in [-0.39, 0.29) is 10.8 Å². The number of amides is 1. The van der Waals surface area contributed by atoms with Crippen LogP contribution in [0.5, 0.6) is 0 Å². The SMILES string of the molecule is CCCC(=O)Nc1c(C)csc1C(=O)O. The van der Waals surface area contributed by atoms with Crippen molar-refractivity contribution in [2.24, 2.45) is 0 Å². The summed E-state index contributed by atoms with van der Waals surface area (Å²) in [6, 6.07) is 0. The van der Waals surface area contributed by atoms with Crippen LogP contribution < -0.4 is 5.32 Å². The van der Waals surface area contributed by atoms with Crippen LogP contribution in [-0.2, 0) is 4.79 Å². The third kappa shape index (κ3) is 2.79. The summed E-state index contributed by atoms with van der Waals surface area (Å²) in [5, 5.41) is 13.2. The zero-order valence-corrected chi connectivity index (χ0v) is 9.48. The van der Waals surface area contributed by atoms with Crippen LogP contribution in [0.2, 0.25) is 0 Å². The van der Waals surface area contributed by atoms with Crippen LogP contribution in [0, 0.1) is 6.92 Å². The van der Waals surface area contributed by atoms with Crippen LogP contribution in [0.1, 0.15) is 35.0 Å². The average molecular weight is 227 g/mol. The van der Waals surface area contributed by atoms with Gasteiger partial charge in [-0.1, -0.05) is 6.92 Å². The van der Waals surface area contributed by atoms with Crippen molar-refractivity contribution in [2.75, 3.05) is 5.32 Å². The minimum Gasteiger partial charge on any atom is -0.477 e. The Kier molecular flexibility index (Phi) is 3.85. The summed E-state index contributed by atoms with van der Waals surface area (Å²) in [6.07, 6.45) is 1.16. The number of carbonyl (C=O) groups is 2. The zero-order chi connectivity index (χ0) is 11.4. The third-order valence-electron chi connectivity index (χ3n) is 1.91. The Hall–Kier alpha value is -1.36. The van der Waals surface area contributed by atoms with Gasteiger partial charge >= 0.3 is 5.97 Å². The van der Waals surface area contributed by atoms with Gasteiger partial charge in [-0.15, -0.1) is 11.3 Å². The number of thiophene rings is 1. The molecule has 0 spiro atoms. The van der Waals surface area contributed by atoms with Crippen molar-refractivity contribution in [3.8, 4) is 0 Å². The first-order valence-electron chi connectivity index (χ1n) is 4.67. The van der Waals surface area contributed by atoms with Crippen LogP contribution >= 0.6 is 11.3 Å². The average Bonchev–Trinajstić information content (AvgIpc) is 2.48. The van der Waals surface area contributed by atoms with Crippen LogP contribution in [0.3, 0.4) is 0 Å². The smallest absolute Gasteiger partial charge is 0.348 e. The molecule has 0 bridgehead atoms. The molecule has 0 fully saturated rings. The molecular weight excluding hydrogens is 214 g/mol. The summed E-state index contributed by atoms with van der Waals surface area (Å²) in [6.45, 7) is 3.68. The molecule has 0 saturated carbocycles. The Labute approximate surface area is 91.9 Å². The van der Waals surface area contributed by atoms with E-state index < -0.39 is 5.97 Å². The van der Waals surface area contributed by atoms with E-state index in [2.05, 4.69) is 5.32 Å². The van der Waals surface area contributed by atoms with Gasteiger partial charge in [-0.05, 0) is 24.3 Å². The Bertz CT molecular complexity index is 384. The molecule has 1 aromatic heterocycles. The summed E-state index contributed by atoms with van der Waals surface area (Å²) < 4.78 is 0. The monoisotopic (exact) mass is 227 g/mol. The van der Waals surface area contributed by atoms with Gasteiger partial charge in [0.2, 0.25) is 5.91 Å². The maximum atomic E-state index is 11.3. The molecular formula is C10H13NO3S. The first kappa shape index (κ1) is 11.7. The van der Waals surface area contributed by atoms with Crippen molar-refractivity contribution >= 4 is 28.9 Å². The van der Waals surface area contributed by atoms with E-state index in [1.165, 1.54) is 0 Å². The lowest BCUT2D eigenvalue weighted by Crippen LogP contribution is -2.13. The summed E-state index contributed by atoms with van der Waals surface area (Å²) in [5.74, 6) is -1.14. The van der Waals surface area contributed by atoms with Gasteiger partial charge in [-0.2, -0.15) is 0 Å². The fraction of sp³-hybridized carbons (Fsp3) is 0.400. The largest absolute Gasteiger partial charge is 0.477 e. The van der Waals surface area contributed by atoms with Gasteiger partial charge in [-0.25, -0.2) is 4.79 Å². The molecule has 0 unspecified atom stereocenters. The highest BCUT2D eigenvalue weighted by molar-refractivity contribution is 7.12. The molecule has 4 nitrogen and oxygen atoms in total. The molecule has 0 aliphatic carbocycles. The van der Waals surface area contributed by atoms with Crippen LogP contribution in [0.25, 0.3) is 0 Å². The molecule has 0 atom stereocenters. The second-order valence-corrected chi connectivity index (χ2v) is 4.11. The molecule has 0 saturated heterocycles. The highest BCUT2D eigenvalue weighted by Crippen LogP contribution is 2.27. The number of aryl methyl sites for hydroxylation is 1. The first-order valence-corrected chi connectivity index (χ1v) is 5.55. The zero-order valence-electron chi connectivity index (χ0n) is 8.66. The lowest BCUT2D eigenvalue weighted by Gasteiger charge is -2.04. The molecule has 1 amide bonds. The lowest BCUT2D eigenvalue weighted by atomic mass is 10.2. The number of nitrogens with one attached hydrogen (secondary N) is 1. The topological polar surface area (TPSA) is 66.4 Å². The Morgan fingerprint density at radius 1 is 1.53 bits per heavy atom. The van der Waals surface area contributed by atoms with Gasteiger partial charge in [-0.3, -0.25) is 4.79 Å². The van der Waals surface area contributed by atoms with Crippen molar-refractivity contribution in [3.63, 3.8) is 0 Å². The fourth-order valence-electron chi connectivity index (χ4n) is 1.19. The molecule has 1 aromatic rings. The van der Waals surface area contributed by atoms with Crippen LogP contribution in [0.4, 0.5) is 5.69 Å². The molecule has 82 valence electrons. The van der Waals surface area contributed by atoms with E-state index in [1.54, 1.807) is 12.3 Å². The molecule has 1 rings (SSSR count). The molecule has 2 N–H and O–H groups in total. The quantitative estimate of drug-likeness (QED) is 0.830. The molecule has 15 heavy (non-hydrogen) atoms. The number of hydrogen-bond acceptors (Lipinski definition) is 3. The number of carboxylic acid groups (broad SMARTS) is 1. The second-order valence-electron chi connectivity index (χ2n) is 3.23. The van der Waals surface area contributed by atoms with Gasteiger partial charge < -0.3 is 10.4 Å². The van der Waals surface area contributed by atoms with Crippen LogP contribution in [0.15, 0.2) is 5.38 Å². The number of carbonyl (C=O) groups excluding carboxylic acids is 1. The lowest BCUT2D eigenvalue weighted by molar-refractivity contribution is -0.116. The molecule has 0 aliphatic rings. The van der Waals surface area contributed by atoms with Crippen molar-refractivity contribution in [1.82, 2.24) is 0 Å². The third-order valence-corrected chi connectivity index (χ3v) is 3.00. The number of aromatic carboxylic acids is 1. The minimum atomic E-state index is -1.00. The van der Waals surface area contributed by atoms with E-state index in [1.807, 2.05) is 6.92 Å². The standard InChI is InChI=1S/C10H13NO3S/c1-3-4-7(12)11-8-6(2)5-15-9(8)10(13)14/h5H,3-4H2,1-2H3,(H,11,12)(H,13,14). The maximum Gasteiger partial charge on any atom is 0.348 e. The number of rotatable bonds is 4. The maximum absolute atomic E-state index is 11.3. The molecule has 0 aromatic carbocycles. The summed E-state index contributed by atoms with van der Waals surface area (Å²) >= 11 is 1.13. The predicted octanol–water partition coefficient (Wildman–Crippen LogP) is 2.49. The highest BCUT2D eigenvalue weighted by Gasteiger charge is 2.16. The Morgan fingerprint density at radius 2 is 2.20 bits per heavy atom. The van der Waals surface area contributed by atoms with Crippen molar-refractivity contribution in [2.45, 2.75) is 26.7 Å². The number of anilines is 1. The second kappa shape index (κ2) is 4.93. The highest BCUT2D eigenvalue weighted by atomic mass is 32.1. The van der Waals surface area contributed by atoms with Crippen molar-refractivity contribution in [1.29, 1.82) is 0 Å². The molecule has 5 heteroatoms. The van der Waals surface area contributed by atoms with Gasteiger partial charge in [0.25, 0.3) is 0 Å². The van der Waals surface area contributed by atoms with Crippen molar-refractivity contribution in [3.05, 3.63) is 15.8 Å². The fourth-order valence-corrected chi connectivity index (χ4v) is 2.03. The van der Waals surface area contributed by atoms with E-state index in [0.717, 1.165) is 23.3 Å². The minimum absolute atomic E-state index is 0.137. The number of carboxylic acids is 1. The molecule has 1 heterocycles. The van der Waals surface area contributed by atoms with Crippen molar-refractivity contribution < 1.29 is 14.7 Å². The van der Waals surface area contributed by atoms with Gasteiger partial charge in [0.1, 0.15) is 4.88 Å². The predicted molar refractivity (Wildman–Crippen MR) is 59.6 cm³/mol. The molecule has 0 aliphatic heterocycles. The number of hydrogen-bond donors (Lipinski definition) is 2. The first-order chi connectivity index (χ1) is 7.06. The van der Waals surface area contributed by atoms with Gasteiger partial charge in [0.15, 0.2) is 0 Å². The Morgan fingerprint density at radius 3 is 2.73 bits per heavy atom.